The molecule has 4 aliphatic rings. The summed E-state index contributed by atoms with van der Waals surface area (Å²) >= 11 is 0. The van der Waals surface area contributed by atoms with Gasteiger partial charge in [0, 0.05) is 11.8 Å². The van der Waals surface area contributed by atoms with Gasteiger partial charge >= 0.3 is 0 Å². The van der Waals surface area contributed by atoms with E-state index < -0.39 is 0 Å². The normalized spacial score (nSPS) is 32.1. The highest BCUT2D eigenvalue weighted by Crippen LogP contribution is 2.63. The van der Waals surface area contributed by atoms with Crippen molar-refractivity contribution in [1.82, 2.24) is 0 Å². The fourth-order valence-corrected chi connectivity index (χ4v) is 7.42. The van der Waals surface area contributed by atoms with Crippen LogP contribution in [0.25, 0.3) is 0 Å². The molecule has 0 bridgehead atoms. The van der Waals surface area contributed by atoms with Crippen molar-refractivity contribution in [3.05, 3.63) is 0 Å². The molecular weight excluding hydrogens is 336 g/mol. The zero-order valence-electron chi connectivity index (χ0n) is 18.5. The Labute approximate surface area is 165 Å². The van der Waals surface area contributed by atoms with Crippen molar-refractivity contribution in [2.45, 2.75) is 92.3 Å². The predicted octanol–water partition coefficient (Wildman–Crippen LogP) is 5.67. The van der Waals surface area contributed by atoms with Crippen LogP contribution < -0.4 is 0 Å². The van der Waals surface area contributed by atoms with Gasteiger partial charge in [-0.15, -0.1) is 0 Å². The molecule has 0 aromatic heterocycles. The first-order valence-electron chi connectivity index (χ1n) is 11.2. The van der Waals surface area contributed by atoms with Gasteiger partial charge in [-0.25, -0.2) is 0 Å². The summed E-state index contributed by atoms with van der Waals surface area (Å²) < 4.78 is 0. The van der Waals surface area contributed by atoms with Gasteiger partial charge in [-0.05, 0) is 49.4 Å². The minimum atomic E-state index is -0.163. The number of nitrogens with zero attached hydrogens (tertiary/aromatic N) is 2. The van der Waals surface area contributed by atoms with Crippen molar-refractivity contribution < 1.29 is 9.68 Å². The minimum absolute atomic E-state index is 0.00755. The summed E-state index contributed by atoms with van der Waals surface area (Å²) in [7, 11) is 0. The molecule has 2 aliphatic heterocycles. The number of hydrogen-bond donors (Lipinski definition) is 0. The molecule has 4 rings (SSSR count). The summed E-state index contributed by atoms with van der Waals surface area (Å²) in [4.78, 5) is 12.6. The number of oxime groups is 2. The van der Waals surface area contributed by atoms with E-state index in [9.17, 15) is 0 Å². The van der Waals surface area contributed by atoms with E-state index in [1.807, 2.05) is 0 Å². The van der Waals surface area contributed by atoms with Gasteiger partial charge in [0.15, 0.2) is 0 Å². The van der Waals surface area contributed by atoms with E-state index in [4.69, 9.17) is 20.0 Å². The maximum atomic E-state index is 6.30. The highest BCUT2D eigenvalue weighted by molar-refractivity contribution is 6.17. The summed E-state index contributed by atoms with van der Waals surface area (Å²) in [5, 5.41) is 9.61. The zero-order valence-corrected chi connectivity index (χ0v) is 18.5. The molecule has 27 heavy (non-hydrogen) atoms. The summed E-state index contributed by atoms with van der Waals surface area (Å²) in [5.74, 6) is 2.64. The molecular formula is C23H38N2O2. The largest absolute Gasteiger partial charge is 0.388 e. The molecule has 0 unspecified atom stereocenters. The smallest absolute Gasteiger partial charge is 0.150 e. The predicted molar refractivity (Wildman–Crippen MR) is 110 cm³/mol. The first-order valence-corrected chi connectivity index (χ1v) is 11.2. The van der Waals surface area contributed by atoms with Crippen LogP contribution in [0.2, 0.25) is 0 Å². The molecule has 1 spiro atoms. The Kier molecular flexibility index (Phi) is 4.26. The van der Waals surface area contributed by atoms with Crippen molar-refractivity contribution in [1.29, 1.82) is 0 Å². The van der Waals surface area contributed by atoms with E-state index in [-0.39, 0.29) is 16.6 Å². The quantitative estimate of drug-likeness (QED) is 0.636. The van der Waals surface area contributed by atoms with Crippen LogP contribution in [0.4, 0.5) is 0 Å². The second-order valence-electron chi connectivity index (χ2n) is 10.7. The third kappa shape index (κ3) is 2.11. The maximum Gasteiger partial charge on any atom is 0.150 e. The molecule has 2 saturated carbocycles. The van der Waals surface area contributed by atoms with Crippen molar-refractivity contribution in [2.24, 2.45) is 51.2 Å². The molecule has 0 aromatic rings. The van der Waals surface area contributed by atoms with Gasteiger partial charge < -0.3 is 9.68 Å². The van der Waals surface area contributed by atoms with E-state index in [2.05, 4.69) is 55.4 Å². The highest BCUT2D eigenvalue weighted by Gasteiger charge is 2.69. The van der Waals surface area contributed by atoms with Crippen molar-refractivity contribution >= 4 is 11.4 Å². The summed E-state index contributed by atoms with van der Waals surface area (Å²) in [6.07, 6.45) is 4.65. The average molecular weight is 375 g/mol. The maximum absolute atomic E-state index is 6.30. The molecule has 2 aliphatic carbocycles. The third-order valence-corrected chi connectivity index (χ3v) is 8.66. The van der Waals surface area contributed by atoms with Crippen LogP contribution in [0.1, 0.15) is 81.1 Å². The Hall–Kier alpha value is -1.06. The van der Waals surface area contributed by atoms with Gasteiger partial charge in [0.1, 0.15) is 11.2 Å². The van der Waals surface area contributed by atoms with Crippen molar-refractivity contribution in [2.75, 3.05) is 0 Å². The average Bonchev–Trinajstić information content (AvgIpc) is 3.30. The summed E-state index contributed by atoms with van der Waals surface area (Å²) in [6, 6.07) is 0. The van der Waals surface area contributed by atoms with Crippen LogP contribution in [0.15, 0.2) is 10.3 Å². The Morgan fingerprint density at radius 2 is 1.00 bits per heavy atom. The molecule has 152 valence electrons. The third-order valence-electron chi connectivity index (χ3n) is 8.66. The van der Waals surface area contributed by atoms with Crippen LogP contribution in [0.3, 0.4) is 0 Å². The second-order valence-corrected chi connectivity index (χ2v) is 10.7. The van der Waals surface area contributed by atoms with E-state index in [0.29, 0.717) is 35.5 Å². The van der Waals surface area contributed by atoms with Crippen LogP contribution in [-0.4, -0.2) is 22.6 Å². The van der Waals surface area contributed by atoms with E-state index in [0.717, 1.165) is 25.7 Å². The van der Waals surface area contributed by atoms with Gasteiger partial charge in [-0.1, -0.05) is 65.7 Å². The van der Waals surface area contributed by atoms with Gasteiger partial charge in [-0.2, -0.15) is 0 Å². The molecule has 0 saturated heterocycles. The molecule has 0 N–H and O–H groups in total. The minimum Gasteiger partial charge on any atom is -0.388 e. The highest BCUT2D eigenvalue weighted by atomic mass is 16.7. The number of rotatable bonds is 4. The molecule has 2 fully saturated rings. The fraction of sp³-hybridized carbons (Fsp3) is 0.913. The molecule has 2 atom stereocenters. The first-order chi connectivity index (χ1) is 12.6. The lowest BCUT2D eigenvalue weighted by atomic mass is 9.67. The first kappa shape index (κ1) is 19.3. The zero-order chi connectivity index (χ0) is 19.8. The Morgan fingerprint density at radius 3 is 1.30 bits per heavy atom. The fourth-order valence-electron chi connectivity index (χ4n) is 7.42. The standard InChI is InChI=1S/C23H38N2O2/c1-13(2)22(14(3)4)17-9-11-21(19(17)24-26-22)12-10-18-20(21)25-27-23(18,15(5)6)16(7)8/h13-18H,9-12H2,1-8H3/t17-,18-,21?/m1/s1. The van der Waals surface area contributed by atoms with E-state index in [1.54, 1.807) is 0 Å². The second kappa shape index (κ2) is 5.97. The van der Waals surface area contributed by atoms with Crippen LogP contribution in [0.5, 0.6) is 0 Å². The summed E-state index contributed by atoms with van der Waals surface area (Å²) in [5.41, 5.74) is 2.25. The van der Waals surface area contributed by atoms with Crippen LogP contribution in [0, 0.1) is 40.9 Å². The Morgan fingerprint density at radius 1 is 0.667 bits per heavy atom. The SMILES string of the molecule is CC(C)C1(C(C)C)ON=C2[C@H]1CCC21CC[C@@H]2C1=NOC2(C(C)C)C(C)C. The van der Waals surface area contributed by atoms with Gasteiger partial charge in [0.2, 0.25) is 0 Å². The molecule has 4 nitrogen and oxygen atoms in total. The van der Waals surface area contributed by atoms with Crippen molar-refractivity contribution in [3.63, 3.8) is 0 Å². The summed E-state index contributed by atoms with van der Waals surface area (Å²) in [6.45, 7) is 18.3. The van der Waals surface area contributed by atoms with Crippen LogP contribution in [-0.2, 0) is 9.68 Å². The van der Waals surface area contributed by atoms with Gasteiger partial charge in [-0.3, -0.25) is 0 Å². The topological polar surface area (TPSA) is 43.2 Å². The molecule has 4 heteroatoms. The van der Waals surface area contributed by atoms with Gasteiger partial charge in [0.05, 0.1) is 16.8 Å². The monoisotopic (exact) mass is 374 g/mol. The Bertz CT molecular complexity index is 600. The lowest BCUT2D eigenvalue weighted by Gasteiger charge is -2.39. The molecule has 0 amide bonds. The van der Waals surface area contributed by atoms with Gasteiger partial charge in [0.25, 0.3) is 0 Å². The number of fused-ring (bicyclic) bond motifs is 4. The Balaban J connectivity index is 1.71. The lowest BCUT2D eigenvalue weighted by molar-refractivity contribution is -0.114. The van der Waals surface area contributed by atoms with Crippen molar-refractivity contribution in [3.8, 4) is 0 Å². The lowest BCUT2D eigenvalue weighted by Crippen LogP contribution is -2.49. The molecule has 2 heterocycles. The molecule has 0 aromatic carbocycles. The van der Waals surface area contributed by atoms with E-state index in [1.165, 1.54) is 11.4 Å². The van der Waals surface area contributed by atoms with Crippen LogP contribution >= 0.6 is 0 Å². The molecule has 0 radical (unpaired) electrons. The number of hydrogen-bond acceptors (Lipinski definition) is 4. The van der Waals surface area contributed by atoms with E-state index >= 15 is 0 Å².